The highest BCUT2D eigenvalue weighted by Crippen LogP contribution is 2.22. The Bertz CT molecular complexity index is 697. The van der Waals surface area contributed by atoms with Gasteiger partial charge in [0.05, 0.1) is 24.3 Å². The molecule has 0 radical (unpaired) electrons. The van der Waals surface area contributed by atoms with Crippen molar-refractivity contribution in [3.63, 3.8) is 0 Å². The highest BCUT2D eigenvalue weighted by Gasteiger charge is 2.18. The van der Waals surface area contributed by atoms with Crippen LogP contribution < -0.4 is 0 Å². The van der Waals surface area contributed by atoms with E-state index in [9.17, 15) is 0 Å². The Labute approximate surface area is 115 Å². The minimum Gasteiger partial charge on any atom is -0.359 e. The lowest BCUT2D eigenvalue weighted by Crippen LogP contribution is -2.08. The topological polar surface area (TPSA) is 61.7 Å². The number of nitrogens with zero attached hydrogens (tertiary/aromatic N) is 5. The predicted octanol–water partition coefficient (Wildman–Crippen LogP) is 2.34. The molecule has 0 aliphatic rings. The number of halogens is 1. The minimum atomic E-state index is 0.353. The highest BCUT2D eigenvalue weighted by atomic mass is 35.5. The first-order valence-corrected chi connectivity index (χ1v) is 6.66. The molecule has 7 heteroatoms. The molecule has 0 aromatic carbocycles. The van der Waals surface area contributed by atoms with Crippen molar-refractivity contribution in [3.05, 3.63) is 29.5 Å². The molecule has 0 fully saturated rings. The molecule has 3 heterocycles. The van der Waals surface area contributed by atoms with E-state index in [0.717, 1.165) is 35.0 Å². The van der Waals surface area contributed by atoms with Gasteiger partial charge in [-0.1, -0.05) is 5.16 Å². The van der Waals surface area contributed by atoms with Crippen LogP contribution >= 0.6 is 11.6 Å². The summed E-state index contributed by atoms with van der Waals surface area (Å²) in [7, 11) is 0. The average Bonchev–Trinajstić information content (AvgIpc) is 3.09. The maximum absolute atomic E-state index is 5.99. The lowest BCUT2D eigenvalue weighted by atomic mass is 10.4. The van der Waals surface area contributed by atoms with E-state index in [1.54, 1.807) is 6.20 Å². The van der Waals surface area contributed by atoms with Gasteiger partial charge in [-0.3, -0.25) is 0 Å². The summed E-state index contributed by atoms with van der Waals surface area (Å²) >= 11 is 5.99. The second-order valence-corrected chi connectivity index (χ2v) is 4.57. The van der Waals surface area contributed by atoms with Gasteiger partial charge in [0, 0.05) is 12.6 Å². The number of rotatable bonds is 4. The number of imidazole rings is 1. The van der Waals surface area contributed by atoms with Gasteiger partial charge in [0.1, 0.15) is 11.3 Å². The summed E-state index contributed by atoms with van der Waals surface area (Å²) in [5, 5.41) is 8.20. The molecule has 6 nitrogen and oxygen atoms in total. The van der Waals surface area contributed by atoms with Crippen LogP contribution in [0.25, 0.3) is 11.2 Å². The van der Waals surface area contributed by atoms with Gasteiger partial charge in [-0.05, 0) is 13.8 Å². The molecule has 19 heavy (non-hydrogen) atoms. The predicted molar refractivity (Wildman–Crippen MR) is 71.1 cm³/mol. The molecule has 3 rings (SSSR count). The van der Waals surface area contributed by atoms with E-state index < -0.39 is 0 Å². The molecule has 100 valence electrons. The molecule has 0 N–H and O–H groups in total. The fourth-order valence-corrected chi connectivity index (χ4v) is 2.44. The molecule has 0 amide bonds. The van der Waals surface area contributed by atoms with E-state index in [1.165, 1.54) is 0 Å². The summed E-state index contributed by atoms with van der Waals surface area (Å²) in [6.07, 6.45) is 1.63. The fourth-order valence-electron chi connectivity index (χ4n) is 2.24. The van der Waals surface area contributed by atoms with E-state index in [-0.39, 0.29) is 0 Å². The van der Waals surface area contributed by atoms with Gasteiger partial charge >= 0.3 is 0 Å². The van der Waals surface area contributed by atoms with Crippen LogP contribution in [0.5, 0.6) is 0 Å². The molecule has 0 aliphatic carbocycles. The summed E-state index contributed by atoms with van der Waals surface area (Å²) < 4.78 is 9.13. The first kappa shape index (κ1) is 12.2. The van der Waals surface area contributed by atoms with Crippen molar-refractivity contribution in [1.82, 2.24) is 24.5 Å². The third-order valence-electron chi connectivity index (χ3n) is 3.10. The van der Waals surface area contributed by atoms with Crippen LogP contribution in [0.15, 0.2) is 16.8 Å². The third-order valence-corrected chi connectivity index (χ3v) is 3.34. The summed E-state index contributed by atoms with van der Waals surface area (Å²) in [4.78, 5) is 4.57. The smallest absolute Gasteiger partial charge is 0.159 e. The SMILES string of the molecule is CCn1nc(C)c2nc(CCl)n(Cc3ccno3)c21. The fraction of sp³-hybridized carbons (Fsp3) is 0.417. The first-order valence-electron chi connectivity index (χ1n) is 6.12. The van der Waals surface area contributed by atoms with Crippen LogP contribution in [0.4, 0.5) is 0 Å². The summed E-state index contributed by atoms with van der Waals surface area (Å²) in [6.45, 7) is 5.36. The Morgan fingerprint density at radius 3 is 2.89 bits per heavy atom. The monoisotopic (exact) mass is 279 g/mol. The zero-order chi connectivity index (χ0) is 13.4. The molecule has 0 saturated heterocycles. The molecule has 3 aromatic rings. The van der Waals surface area contributed by atoms with Crippen LogP contribution in [-0.2, 0) is 19.0 Å². The first-order chi connectivity index (χ1) is 9.24. The van der Waals surface area contributed by atoms with Crippen molar-refractivity contribution in [2.45, 2.75) is 32.8 Å². The Kier molecular flexibility index (Phi) is 3.02. The van der Waals surface area contributed by atoms with Crippen molar-refractivity contribution >= 4 is 22.8 Å². The standard InChI is InChI=1S/C12H14ClN5O/c1-3-18-12-11(8(2)16-18)15-10(6-13)17(12)7-9-4-5-14-19-9/h4-5H,3,6-7H2,1-2H3. The Morgan fingerprint density at radius 1 is 1.42 bits per heavy atom. The highest BCUT2D eigenvalue weighted by molar-refractivity contribution is 6.16. The van der Waals surface area contributed by atoms with E-state index in [1.807, 2.05) is 22.2 Å². The number of alkyl halides is 1. The number of fused-ring (bicyclic) bond motifs is 1. The van der Waals surface area contributed by atoms with Gasteiger partial charge < -0.3 is 9.09 Å². The summed E-state index contributed by atoms with van der Waals surface area (Å²) in [6, 6.07) is 1.84. The zero-order valence-corrected chi connectivity index (χ0v) is 11.6. The van der Waals surface area contributed by atoms with Crippen LogP contribution in [0, 0.1) is 6.92 Å². The number of hydrogen-bond acceptors (Lipinski definition) is 4. The molecule has 3 aromatic heterocycles. The van der Waals surface area contributed by atoms with Gasteiger partial charge in [0.25, 0.3) is 0 Å². The van der Waals surface area contributed by atoms with E-state index in [0.29, 0.717) is 12.4 Å². The molecular weight excluding hydrogens is 266 g/mol. The number of aromatic nitrogens is 5. The van der Waals surface area contributed by atoms with Crippen LogP contribution in [0.1, 0.15) is 24.2 Å². The zero-order valence-electron chi connectivity index (χ0n) is 10.8. The Hall–Kier alpha value is -1.82. The lowest BCUT2D eigenvalue weighted by molar-refractivity contribution is 0.375. The van der Waals surface area contributed by atoms with Gasteiger partial charge in [0.15, 0.2) is 11.4 Å². The van der Waals surface area contributed by atoms with Crippen molar-refractivity contribution in [1.29, 1.82) is 0 Å². The quantitative estimate of drug-likeness (QED) is 0.688. The van der Waals surface area contributed by atoms with Crippen molar-refractivity contribution < 1.29 is 4.52 Å². The number of hydrogen-bond donors (Lipinski definition) is 0. The van der Waals surface area contributed by atoms with E-state index in [2.05, 4.69) is 22.2 Å². The minimum absolute atomic E-state index is 0.353. The molecule has 0 aliphatic heterocycles. The normalized spacial score (nSPS) is 11.5. The average molecular weight is 280 g/mol. The van der Waals surface area contributed by atoms with Crippen molar-refractivity contribution in [3.8, 4) is 0 Å². The van der Waals surface area contributed by atoms with Crippen LogP contribution in [0.3, 0.4) is 0 Å². The molecule has 0 bridgehead atoms. The van der Waals surface area contributed by atoms with Gasteiger partial charge in [-0.15, -0.1) is 11.6 Å². The molecular formula is C12H14ClN5O. The van der Waals surface area contributed by atoms with Crippen LogP contribution in [0.2, 0.25) is 0 Å². The van der Waals surface area contributed by atoms with E-state index in [4.69, 9.17) is 16.1 Å². The second-order valence-electron chi connectivity index (χ2n) is 4.30. The van der Waals surface area contributed by atoms with Crippen molar-refractivity contribution in [2.24, 2.45) is 0 Å². The maximum atomic E-state index is 5.99. The Morgan fingerprint density at radius 2 is 2.26 bits per heavy atom. The molecule has 0 saturated carbocycles. The molecule has 0 unspecified atom stereocenters. The van der Waals surface area contributed by atoms with E-state index >= 15 is 0 Å². The van der Waals surface area contributed by atoms with Gasteiger partial charge in [-0.25, -0.2) is 9.67 Å². The van der Waals surface area contributed by atoms with Gasteiger partial charge in [-0.2, -0.15) is 5.10 Å². The largest absolute Gasteiger partial charge is 0.359 e. The summed E-state index contributed by atoms with van der Waals surface area (Å²) in [5.41, 5.74) is 2.80. The van der Waals surface area contributed by atoms with Gasteiger partial charge in [0.2, 0.25) is 0 Å². The third kappa shape index (κ3) is 1.92. The molecule has 0 atom stereocenters. The van der Waals surface area contributed by atoms with Crippen LogP contribution in [-0.4, -0.2) is 24.5 Å². The number of aryl methyl sites for hydroxylation is 2. The summed E-state index contributed by atoms with van der Waals surface area (Å²) in [5.74, 6) is 1.94. The molecule has 0 spiro atoms. The second kappa shape index (κ2) is 4.70. The van der Waals surface area contributed by atoms with Crippen molar-refractivity contribution in [2.75, 3.05) is 0 Å². The Balaban J connectivity index is 2.19. The lowest BCUT2D eigenvalue weighted by Gasteiger charge is -2.06. The maximum Gasteiger partial charge on any atom is 0.159 e.